The van der Waals surface area contributed by atoms with Gasteiger partial charge >= 0.3 is 12.1 Å². The van der Waals surface area contributed by atoms with Crippen molar-refractivity contribution in [2.24, 2.45) is 9.50 Å². The molecule has 0 saturated carbocycles. The second-order valence-electron chi connectivity index (χ2n) is 7.61. The fourth-order valence-electron chi connectivity index (χ4n) is 3.02. The van der Waals surface area contributed by atoms with Gasteiger partial charge in [0.1, 0.15) is 15.6 Å². The second kappa shape index (κ2) is 12.8. The average molecular weight is 712 g/mol. The third-order valence-corrected chi connectivity index (χ3v) is 12.2. The van der Waals surface area contributed by atoms with Gasteiger partial charge in [-0.05, 0) is 42.7 Å². The molecular formula is C23H18BrF3N4O6S4. The normalized spacial score (nSPS) is 13.0. The number of rotatable bonds is 7. The number of aliphatic carboxylic acids is 1. The Morgan fingerprint density at radius 1 is 1.15 bits per heavy atom. The molecule has 4 rings (SSSR count). The highest BCUT2D eigenvalue weighted by molar-refractivity contribution is 9.10. The lowest BCUT2D eigenvalue weighted by Gasteiger charge is -2.12. The van der Waals surface area contributed by atoms with E-state index >= 15 is 0 Å². The number of oxazole rings is 1. The molecule has 2 aromatic heterocycles. The van der Waals surface area contributed by atoms with Crippen LogP contribution in [0.2, 0.25) is 0 Å². The Morgan fingerprint density at radius 3 is 2.32 bits per heavy atom. The fourth-order valence-corrected chi connectivity index (χ4v) is 10.2. The molecule has 10 nitrogen and oxygen atoms in total. The van der Waals surface area contributed by atoms with Crippen LogP contribution in [0.4, 0.5) is 13.2 Å². The number of hydrogen-bond donors (Lipinski definition) is 3. The molecule has 0 saturated heterocycles. The number of nitrogens with one attached hydrogen (secondary N) is 1. The van der Waals surface area contributed by atoms with E-state index in [1.54, 1.807) is 42.7 Å². The monoisotopic (exact) mass is 710 g/mol. The van der Waals surface area contributed by atoms with Crippen LogP contribution in [0.1, 0.15) is 4.88 Å². The molecule has 218 valence electrons. The Labute approximate surface area is 248 Å². The van der Waals surface area contributed by atoms with Crippen molar-refractivity contribution in [2.45, 2.75) is 25.1 Å². The maximum Gasteiger partial charge on any atom is 0.490 e. The lowest BCUT2D eigenvalue weighted by Crippen LogP contribution is -2.21. The maximum absolute atomic E-state index is 14.5. The van der Waals surface area contributed by atoms with Gasteiger partial charge in [0.15, 0.2) is 12.2 Å². The number of alkyl halides is 3. The van der Waals surface area contributed by atoms with Gasteiger partial charge in [-0.25, -0.2) is 14.0 Å². The zero-order valence-corrected chi connectivity index (χ0v) is 25.3. The van der Waals surface area contributed by atoms with Crippen molar-refractivity contribution in [2.75, 3.05) is 6.26 Å². The second-order valence-corrected chi connectivity index (χ2v) is 14.6. The number of nitrogens with two attached hydrogens (primary N) is 1. The smallest absolute Gasteiger partial charge is 0.475 e. The van der Waals surface area contributed by atoms with Crippen molar-refractivity contribution in [1.82, 2.24) is 4.98 Å². The van der Waals surface area contributed by atoms with Crippen LogP contribution in [-0.2, 0) is 24.5 Å². The molecular weight excluding hydrogens is 693 g/mol. The van der Waals surface area contributed by atoms with E-state index in [9.17, 15) is 25.8 Å². The number of halogens is 4. The van der Waals surface area contributed by atoms with E-state index in [0.29, 0.717) is 24.9 Å². The number of hydrogen-bond acceptors (Lipinski definition) is 9. The van der Waals surface area contributed by atoms with Gasteiger partial charge in [0.2, 0.25) is 0 Å². The highest BCUT2D eigenvalue weighted by Gasteiger charge is 2.38. The molecule has 2 aromatic carbocycles. The Morgan fingerprint density at radius 2 is 1.78 bits per heavy atom. The molecule has 0 spiro atoms. The highest BCUT2D eigenvalue weighted by atomic mass is 79.9. The zero-order chi connectivity index (χ0) is 30.6. The number of nitrogens with zero attached hydrogens (tertiary/aromatic N) is 2. The summed E-state index contributed by atoms with van der Waals surface area (Å²) in [6.45, 7) is 0. The molecule has 4 N–H and O–H groups in total. The number of carboxylic acid groups (broad SMARTS) is 1. The van der Waals surface area contributed by atoms with Crippen molar-refractivity contribution < 1.29 is 40.1 Å². The van der Waals surface area contributed by atoms with E-state index in [4.69, 9.17) is 25.5 Å². The molecule has 0 aliphatic carbocycles. The first-order valence-electron chi connectivity index (χ1n) is 10.7. The van der Waals surface area contributed by atoms with Gasteiger partial charge in [-0.15, -0.1) is 23.1 Å². The van der Waals surface area contributed by atoms with Crippen LogP contribution in [-0.4, -0.2) is 47.0 Å². The Kier molecular flexibility index (Phi) is 10.1. The van der Waals surface area contributed by atoms with Gasteiger partial charge in [-0.3, -0.25) is 5.41 Å². The van der Waals surface area contributed by atoms with Crippen LogP contribution in [0.15, 0.2) is 98.7 Å². The number of thiophene rings is 1. The maximum atomic E-state index is 14.5. The summed E-state index contributed by atoms with van der Waals surface area (Å²) < 4.78 is 83.7. The molecule has 1 unspecified atom stereocenters. The Balaban J connectivity index is 0.000000587. The predicted molar refractivity (Wildman–Crippen MR) is 151 cm³/mol. The first-order chi connectivity index (χ1) is 19.1. The summed E-state index contributed by atoms with van der Waals surface area (Å²) in [5.41, 5.74) is 6.15. The fraction of sp³-hybridized carbons (Fsp3) is 0.0870. The number of carboxylic acids is 1. The van der Waals surface area contributed by atoms with Crippen LogP contribution in [0.5, 0.6) is 0 Å². The van der Waals surface area contributed by atoms with Gasteiger partial charge in [0, 0.05) is 10.0 Å². The minimum Gasteiger partial charge on any atom is -0.475 e. The van der Waals surface area contributed by atoms with Gasteiger partial charge < -0.3 is 15.3 Å². The minimum absolute atomic E-state index is 0.142. The van der Waals surface area contributed by atoms with Crippen molar-refractivity contribution in [3.05, 3.63) is 76.5 Å². The van der Waals surface area contributed by atoms with Gasteiger partial charge in [0.25, 0.3) is 10.0 Å². The molecule has 0 aliphatic rings. The molecule has 0 amide bonds. The highest BCUT2D eigenvalue weighted by Crippen LogP contribution is 2.39. The molecule has 0 aliphatic heterocycles. The first kappa shape index (κ1) is 32.3. The summed E-state index contributed by atoms with van der Waals surface area (Å²) in [7, 11) is -8.08. The number of amidine groups is 1. The largest absolute Gasteiger partial charge is 0.490 e. The molecule has 1 atom stereocenters. The number of aromatic nitrogens is 1. The van der Waals surface area contributed by atoms with E-state index in [1.165, 1.54) is 42.6 Å². The summed E-state index contributed by atoms with van der Waals surface area (Å²) in [4.78, 5) is 13.4. The Hall–Kier alpha value is -3.19. The topological polar surface area (TPSA) is 177 Å². The molecule has 0 radical (unpaired) electrons. The van der Waals surface area contributed by atoms with Crippen LogP contribution in [0, 0.1) is 5.41 Å². The van der Waals surface area contributed by atoms with E-state index in [1.807, 2.05) is 0 Å². The molecule has 41 heavy (non-hydrogen) atoms. The van der Waals surface area contributed by atoms with Crippen LogP contribution < -0.4 is 5.73 Å². The summed E-state index contributed by atoms with van der Waals surface area (Å²) in [5, 5.41) is 14.9. The Bertz CT molecular complexity index is 1820. The average Bonchev–Trinajstić information content (AvgIpc) is 3.59. The van der Waals surface area contributed by atoms with Crippen LogP contribution >= 0.6 is 39.0 Å². The van der Waals surface area contributed by atoms with Crippen molar-refractivity contribution in [1.29, 1.82) is 5.41 Å². The van der Waals surface area contributed by atoms with Gasteiger partial charge in [-0.2, -0.15) is 21.6 Å². The third kappa shape index (κ3) is 7.76. The molecule has 0 fully saturated rings. The lowest BCUT2D eigenvalue weighted by molar-refractivity contribution is -0.192. The predicted octanol–water partition coefficient (Wildman–Crippen LogP) is 6.08. The van der Waals surface area contributed by atoms with Crippen LogP contribution in [0.3, 0.4) is 0 Å². The van der Waals surface area contributed by atoms with Crippen molar-refractivity contribution in [3.63, 3.8) is 0 Å². The van der Waals surface area contributed by atoms with E-state index < -0.39 is 31.9 Å². The lowest BCUT2D eigenvalue weighted by atomic mass is 10.2. The number of benzene rings is 2. The molecule has 2 heterocycles. The quantitative estimate of drug-likeness (QED) is 0.117. The number of carbonyl (C=O) groups is 1. The van der Waals surface area contributed by atoms with E-state index in [-0.39, 0.29) is 20.5 Å². The molecule has 4 aromatic rings. The van der Waals surface area contributed by atoms with Crippen molar-refractivity contribution in [3.8, 4) is 11.3 Å². The summed E-state index contributed by atoms with van der Waals surface area (Å²) in [6, 6.07) is 14.0. The zero-order valence-electron chi connectivity index (χ0n) is 20.5. The summed E-state index contributed by atoms with van der Waals surface area (Å²) in [5.74, 6) is -2.57. The number of sulfonamides is 1. The third-order valence-electron chi connectivity index (χ3n) is 4.82. The van der Waals surface area contributed by atoms with Crippen molar-refractivity contribution >= 4 is 70.6 Å². The molecule has 0 bridgehead atoms. The van der Waals surface area contributed by atoms with Gasteiger partial charge in [-0.1, -0.05) is 37.9 Å². The molecule has 18 heteroatoms. The van der Waals surface area contributed by atoms with E-state index in [0.717, 1.165) is 11.3 Å². The number of nitrogen functional groups attached to an aromatic ring is 1. The van der Waals surface area contributed by atoms with E-state index in [2.05, 4.69) is 24.7 Å². The van der Waals surface area contributed by atoms with Crippen LogP contribution in [0.25, 0.3) is 11.3 Å². The summed E-state index contributed by atoms with van der Waals surface area (Å²) in [6.07, 6.45) is -0.601. The standard InChI is InChI=1S/C21H17BrN4O4S4.C2HF3O2/c1-31-21-19(10-18(32-21)20(23)24)33(27,15-6-3-5-14(22)9-15)26-34(28,29)16-7-2-4-13(8-16)17-11-25-12-30-17;3-2(4,5)1(6)7/h2-12H,1H3,(H3,23,24);(H,6,7). The number of thioether (sulfide) groups is 1. The van der Waals surface area contributed by atoms with Gasteiger partial charge in [0.05, 0.1) is 30.0 Å². The minimum atomic E-state index is -5.08. The SMILES string of the molecule is CSc1sc(C(=N)N)cc1S(=O)(=NS(=O)(=O)c1cccc(-c2cnco2)c1)c1cccc(Br)c1.O=C(O)C(F)(F)F. The first-order valence-corrected chi connectivity index (χ1v) is 16.5. The summed E-state index contributed by atoms with van der Waals surface area (Å²) >= 11 is 5.81.